The van der Waals surface area contributed by atoms with Crippen LogP contribution in [0, 0.1) is 13.8 Å². The maximum absolute atomic E-state index is 12.2. The lowest BCUT2D eigenvalue weighted by atomic mass is 10.1. The molecular weight excluding hydrogens is 296 g/mol. The molecule has 116 valence electrons. The zero-order valence-corrected chi connectivity index (χ0v) is 13.9. The van der Waals surface area contributed by atoms with E-state index in [1.807, 2.05) is 63.2 Å². The van der Waals surface area contributed by atoms with Crippen molar-refractivity contribution < 1.29 is 4.79 Å². The van der Waals surface area contributed by atoms with Crippen molar-refractivity contribution in [2.24, 2.45) is 0 Å². The molecule has 4 heteroatoms. The third-order valence-electron chi connectivity index (χ3n) is 3.63. The van der Waals surface area contributed by atoms with Gasteiger partial charge in [-0.3, -0.25) is 0 Å². The molecule has 1 unspecified atom stereocenters. The van der Waals surface area contributed by atoms with Crippen LogP contribution in [0.25, 0.3) is 0 Å². The number of anilines is 1. The van der Waals surface area contributed by atoms with Gasteiger partial charge in [0.05, 0.1) is 6.04 Å². The normalized spacial score (nSPS) is 11.8. The quantitative estimate of drug-likeness (QED) is 0.796. The lowest BCUT2D eigenvalue weighted by Gasteiger charge is -2.19. The van der Waals surface area contributed by atoms with Crippen LogP contribution in [0.5, 0.6) is 0 Å². The number of halogens is 1. The average Bonchev–Trinajstić information content (AvgIpc) is 2.49. The number of nitrogens with one attached hydrogen (secondary N) is 2. The largest absolute Gasteiger partial charge is 0.331 e. The maximum Gasteiger partial charge on any atom is 0.319 e. The average molecular weight is 317 g/mol. The highest BCUT2D eigenvalue weighted by Crippen LogP contribution is 2.20. The molecule has 2 aromatic carbocycles. The van der Waals surface area contributed by atoms with Gasteiger partial charge in [-0.05, 0) is 55.2 Å². The molecule has 0 radical (unpaired) electrons. The Labute approximate surface area is 136 Å². The van der Waals surface area contributed by atoms with Gasteiger partial charge in [-0.1, -0.05) is 42.8 Å². The highest BCUT2D eigenvalue weighted by atomic mass is 35.5. The van der Waals surface area contributed by atoms with E-state index < -0.39 is 0 Å². The molecule has 0 aliphatic heterocycles. The SMILES string of the molecule is CCC(NC(=O)Nc1cc(C)ccc1C)c1ccc(Cl)cc1. The third-order valence-corrected chi connectivity index (χ3v) is 3.88. The Morgan fingerprint density at radius 1 is 1.14 bits per heavy atom. The van der Waals surface area contributed by atoms with Crippen molar-refractivity contribution >= 4 is 23.3 Å². The van der Waals surface area contributed by atoms with Gasteiger partial charge in [0.25, 0.3) is 0 Å². The standard InChI is InChI=1S/C18H21ClN2O/c1-4-16(14-7-9-15(19)10-8-14)20-18(22)21-17-11-12(2)5-6-13(17)3/h5-11,16H,4H2,1-3H3,(H2,20,21,22). The second-order valence-electron chi connectivity index (χ2n) is 5.43. The van der Waals surface area contributed by atoms with Crippen molar-refractivity contribution in [2.75, 3.05) is 5.32 Å². The van der Waals surface area contributed by atoms with Crippen molar-refractivity contribution in [3.8, 4) is 0 Å². The number of aryl methyl sites for hydroxylation is 2. The van der Waals surface area contributed by atoms with Gasteiger partial charge in [0.1, 0.15) is 0 Å². The summed E-state index contributed by atoms with van der Waals surface area (Å²) < 4.78 is 0. The third kappa shape index (κ3) is 4.25. The maximum atomic E-state index is 12.2. The minimum atomic E-state index is -0.199. The predicted molar refractivity (Wildman–Crippen MR) is 92.6 cm³/mol. The summed E-state index contributed by atoms with van der Waals surface area (Å²) in [5, 5.41) is 6.62. The van der Waals surface area contributed by atoms with E-state index in [0.717, 1.165) is 28.8 Å². The molecule has 2 N–H and O–H groups in total. The van der Waals surface area contributed by atoms with Crippen LogP contribution in [0.3, 0.4) is 0 Å². The lowest BCUT2D eigenvalue weighted by Crippen LogP contribution is -2.32. The Morgan fingerprint density at radius 2 is 1.82 bits per heavy atom. The van der Waals surface area contributed by atoms with E-state index in [1.54, 1.807) is 0 Å². The van der Waals surface area contributed by atoms with Gasteiger partial charge in [-0.15, -0.1) is 0 Å². The fraction of sp³-hybridized carbons (Fsp3) is 0.278. The van der Waals surface area contributed by atoms with Crippen LogP contribution in [-0.4, -0.2) is 6.03 Å². The van der Waals surface area contributed by atoms with E-state index in [9.17, 15) is 4.79 Å². The first-order chi connectivity index (χ1) is 10.5. The molecule has 0 aliphatic carbocycles. The van der Waals surface area contributed by atoms with Gasteiger partial charge >= 0.3 is 6.03 Å². The van der Waals surface area contributed by atoms with Crippen LogP contribution in [0.1, 0.15) is 36.1 Å². The molecule has 0 heterocycles. The number of hydrogen-bond donors (Lipinski definition) is 2. The van der Waals surface area contributed by atoms with Gasteiger partial charge in [0.2, 0.25) is 0 Å². The van der Waals surface area contributed by atoms with Gasteiger partial charge in [0.15, 0.2) is 0 Å². The molecular formula is C18H21ClN2O. The van der Waals surface area contributed by atoms with Crippen molar-refractivity contribution in [2.45, 2.75) is 33.2 Å². The number of carbonyl (C=O) groups is 1. The first kappa shape index (κ1) is 16.4. The summed E-state index contributed by atoms with van der Waals surface area (Å²) in [7, 11) is 0. The van der Waals surface area contributed by atoms with Crippen molar-refractivity contribution in [3.05, 3.63) is 64.2 Å². The topological polar surface area (TPSA) is 41.1 Å². The number of hydrogen-bond acceptors (Lipinski definition) is 1. The van der Waals surface area contributed by atoms with E-state index in [2.05, 4.69) is 10.6 Å². The molecule has 3 nitrogen and oxygen atoms in total. The molecule has 0 aliphatic rings. The zero-order chi connectivity index (χ0) is 16.1. The second kappa shape index (κ2) is 7.32. The fourth-order valence-corrected chi connectivity index (χ4v) is 2.43. The number of rotatable bonds is 4. The van der Waals surface area contributed by atoms with E-state index in [0.29, 0.717) is 5.02 Å². The summed E-state index contributed by atoms with van der Waals surface area (Å²) in [5.74, 6) is 0. The van der Waals surface area contributed by atoms with Crippen LogP contribution >= 0.6 is 11.6 Å². The van der Waals surface area contributed by atoms with Crippen molar-refractivity contribution in [1.82, 2.24) is 5.32 Å². The minimum absolute atomic E-state index is 0.0395. The molecule has 0 aromatic heterocycles. The van der Waals surface area contributed by atoms with Crippen LogP contribution < -0.4 is 10.6 Å². The summed E-state index contributed by atoms with van der Waals surface area (Å²) in [6.45, 7) is 6.02. The molecule has 2 rings (SSSR count). The first-order valence-electron chi connectivity index (χ1n) is 7.40. The molecule has 22 heavy (non-hydrogen) atoms. The van der Waals surface area contributed by atoms with Crippen LogP contribution in [0.2, 0.25) is 5.02 Å². The molecule has 0 saturated carbocycles. The van der Waals surface area contributed by atoms with Crippen molar-refractivity contribution in [1.29, 1.82) is 0 Å². The Morgan fingerprint density at radius 3 is 2.45 bits per heavy atom. The fourth-order valence-electron chi connectivity index (χ4n) is 2.30. The summed E-state index contributed by atoms with van der Waals surface area (Å²) in [5.41, 5.74) is 4.04. The van der Waals surface area contributed by atoms with Crippen molar-refractivity contribution in [3.63, 3.8) is 0 Å². The summed E-state index contributed by atoms with van der Waals surface area (Å²) in [4.78, 5) is 12.2. The van der Waals surface area contributed by atoms with Crippen LogP contribution in [0.15, 0.2) is 42.5 Å². The Balaban J connectivity index is 2.06. The lowest BCUT2D eigenvalue weighted by molar-refractivity contribution is 0.248. The Kier molecular flexibility index (Phi) is 5.45. The van der Waals surface area contributed by atoms with E-state index >= 15 is 0 Å². The van der Waals surface area contributed by atoms with E-state index in [4.69, 9.17) is 11.6 Å². The minimum Gasteiger partial charge on any atom is -0.331 e. The van der Waals surface area contributed by atoms with E-state index in [1.165, 1.54) is 0 Å². The molecule has 0 spiro atoms. The van der Waals surface area contributed by atoms with Gasteiger partial charge in [0, 0.05) is 10.7 Å². The molecule has 2 amide bonds. The highest BCUT2D eigenvalue weighted by Gasteiger charge is 2.13. The summed E-state index contributed by atoms with van der Waals surface area (Å²) >= 11 is 5.91. The Bertz CT molecular complexity index is 653. The van der Waals surface area contributed by atoms with Crippen LogP contribution in [-0.2, 0) is 0 Å². The number of amides is 2. The molecule has 0 fully saturated rings. The number of urea groups is 1. The summed E-state index contributed by atoms with van der Waals surface area (Å²) in [6.07, 6.45) is 0.807. The molecule has 1 atom stereocenters. The highest BCUT2D eigenvalue weighted by molar-refractivity contribution is 6.30. The van der Waals surface area contributed by atoms with Gasteiger partial charge in [-0.2, -0.15) is 0 Å². The first-order valence-corrected chi connectivity index (χ1v) is 7.77. The number of carbonyl (C=O) groups excluding carboxylic acids is 1. The smallest absolute Gasteiger partial charge is 0.319 e. The zero-order valence-electron chi connectivity index (χ0n) is 13.1. The van der Waals surface area contributed by atoms with Gasteiger partial charge < -0.3 is 10.6 Å². The monoisotopic (exact) mass is 316 g/mol. The predicted octanol–water partition coefficient (Wildman–Crippen LogP) is 5.23. The molecule has 0 bridgehead atoms. The molecule has 0 saturated heterocycles. The van der Waals surface area contributed by atoms with E-state index in [-0.39, 0.29) is 12.1 Å². The van der Waals surface area contributed by atoms with Crippen LogP contribution in [0.4, 0.5) is 10.5 Å². The Hall–Kier alpha value is -2.00. The number of benzene rings is 2. The second-order valence-corrected chi connectivity index (χ2v) is 5.87. The molecule has 2 aromatic rings. The van der Waals surface area contributed by atoms with Gasteiger partial charge in [-0.25, -0.2) is 4.79 Å². The summed E-state index contributed by atoms with van der Waals surface area (Å²) in [6, 6.07) is 13.3.